The van der Waals surface area contributed by atoms with Crippen LogP contribution in [0.5, 0.6) is 11.5 Å². The van der Waals surface area contributed by atoms with Crippen molar-refractivity contribution in [2.24, 2.45) is 0 Å². The van der Waals surface area contributed by atoms with Gasteiger partial charge in [-0.25, -0.2) is 0 Å². The summed E-state index contributed by atoms with van der Waals surface area (Å²) < 4.78 is 11.4. The number of carbonyl (C=O) groups is 1. The summed E-state index contributed by atoms with van der Waals surface area (Å²) in [6.45, 7) is 2.40. The average Bonchev–Trinajstić information content (AvgIpc) is 3.12. The summed E-state index contributed by atoms with van der Waals surface area (Å²) in [7, 11) is 1.63. The van der Waals surface area contributed by atoms with Gasteiger partial charge in [-0.05, 0) is 54.5 Å². The number of anilines is 1. The van der Waals surface area contributed by atoms with Crippen molar-refractivity contribution in [2.75, 3.05) is 12.4 Å². The van der Waals surface area contributed by atoms with Gasteiger partial charge < -0.3 is 20.1 Å². The first-order valence-electron chi connectivity index (χ1n) is 10.1. The van der Waals surface area contributed by atoms with Crippen LogP contribution in [0.25, 0.3) is 6.08 Å². The van der Waals surface area contributed by atoms with Gasteiger partial charge in [0.1, 0.15) is 18.1 Å². The molecule has 1 aliphatic rings. The van der Waals surface area contributed by atoms with E-state index in [1.807, 2.05) is 79.7 Å². The highest BCUT2D eigenvalue weighted by Crippen LogP contribution is 2.34. The lowest BCUT2D eigenvalue weighted by atomic mass is 10.2. The first-order valence-corrected chi connectivity index (χ1v) is 11.3. The summed E-state index contributed by atoms with van der Waals surface area (Å²) in [5, 5.41) is 6.97. The predicted molar refractivity (Wildman–Crippen MR) is 131 cm³/mol. The van der Waals surface area contributed by atoms with Crippen LogP contribution in [0.15, 0.2) is 71.6 Å². The first kappa shape index (κ1) is 22.1. The van der Waals surface area contributed by atoms with E-state index in [0.717, 1.165) is 28.1 Å². The molecule has 0 saturated carbocycles. The van der Waals surface area contributed by atoms with Gasteiger partial charge in [-0.3, -0.25) is 4.79 Å². The highest BCUT2D eigenvalue weighted by molar-refractivity contribution is 8.05. The molecule has 32 heavy (non-hydrogen) atoms. The van der Waals surface area contributed by atoms with Gasteiger partial charge in [0.05, 0.1) is 17.7 Å². The Morgan fingerprint density at radius 2 is 1.94 bits per heavy atom. The maximum atomic E-state index is 12.6. The molecule has 0 aromatic heterocycles. The third-order valence-electron chi connectivity index (χ3n) is 4.86. The molecular formula is C25H23ClN2O3S. The van der Waals surface area contributed by atoms with E-state index in [-0.39, 0.29) is 11.4 Å². The molecule has 3 aromatic rings. The van der Waals surface area contributed by atoms with Gasteiger partial charge in [0.2, 0.25) is 0 Å². The average molecular weight is 467 g/mol. The van der Waals surface area contributed by atoms with E-state index in [0.29, 0.717) is 22.3 Å². The fourth-order valence-electron chi connectivity index (χ4n) is 3.30. The van der Waals surface area contributed by atoms with Crippen molar-refractivity contribution in [1.82, 2.24) is 5.32 Å². The maximum Gasteiger partial charge on any atom is 0.260 e. The molecule has 1 heterocycles. The molecule has 164 valence electrons. The number of carbonyl (C=O) groups excluding carboxylic acids is 1. The van der Waals surface area contributed by atoms with Gasteiger partial charge in [0.25, 0.3) is 5.91 Å². The van der Waals surface area contributed by atoms with Crippen molar-refractivity contribution >= 4 is 41.0 Å². The van der Waals surface area contributed by atoms with Crippen LogP contribution in [0.2, 0.25) is 5.02 Å². The highest BCUT2D eigenvalue weighted by atomic mass is 35.5. The molecule has 0 radical (unpaired) electrons. The number of benzene rings is 3. The zero-order valence-corrected chi connectivity index (χ0v) is 19.3. The van der Waals surface area contributed by atoms with Gasteiger partial charge in [0.15, 0.2) is 5.50 Å². The summed E-state index contributed by atoms with van der Waals surface area (Å²) >= 11 is 7.48. The van der Waals surface area contributed by atoms with E-state index in [2.05, 4.69) is 10.6 Å². The van der Waals surface area contributed by atoms with E-state index in [9.17, 15) is 4.79 Å². The maximum absolute atomic E-state index is 12.6. The van der Waals surface area contributed by atoms with Crippen LogP contribution >= 0.6 is 23.4 Å². The van der Waals surface area contributed by atoms with Crippen molar-refractivity contribution in [2.45, 2.75) is 19.0 Å². The van der Waals surface area contributed by atoms with Crippen molar-refractivity contribution < 1.29 is 14.3 Å². The highest BCUT2D eigenvalue weighted by Gasteiger charge is 2.28. The number of hydrogen-bond donors (Lipinski definition) is 2. The SMILES string of the molecule is COc1ccc(C)cc1NC1NC(=O)/C(=C/c2ccccc2OCc2cccc(Cl)c2)S1. The summed E-state index contributed by atoms with van der Waals surface area (Å²) in [5.74, 6) is 1.29. The lowest BCUT2D eigenvalue weighted by Crippen LogP contribution is -2.31. The van der Waals surface area contributed by atoms with Crippen LogP contribution < -0.4 is 20.1 Å². The number of halogens is 1. The number of methoxy groups -OCH3 is 1. The number of aryl methyl sites for hydroxylation is 1. The zero-order chi connectivity index (χ0) is 22.5. The van der Waals surface area contributed by atoms with Crippen LogP contribution in [-0.2, 0) is 11.4 Å². The molecule has 1 unspecified atom stereocenters. The molecule has 4 rings (SSSR count). The monoisotopic (exact) mass is 466 g/mol. The molecule has 1 atom stereocenters. The molecule has 1 saturated heterocycles. The van der Waals surface area contributed by atoms with Crippen molar-refractivity contribution in [3.05, 3.63) is 93.3 Å². The number of amides is 1. The smallest absolute Gasteiger partial charge is 0.260 e. The number of rotatable bonds is 7. The number of para-hydroxylation sites is 1. The standard InChI is InChI=1S/C25H23ClN2O3S/c1-16-10-11-22(30-2)20(12-16)27-25-28-24(29)23(32-25)14-18-7-3-4-9-21(18)31-15-17-6-5-8-19(26)13-17/h3-14,25,27H,15H2,1-2H3,(H,28,29)/b23-14-. The normalized spacial score (nSPS) is 16.7. The predicted octanol–water partition coefficient (Wildman–Crippen LogP) is 5.84. The molecule has 7 heteroatoms. The largest absolute Gasteiger partial charge is 0.495 e. The summed E-state index contributed by atoms with van der Waals surface area (Å²) in [6, 6.07) is 21.1. The summed E-state index contributed by atoms with van der Waals surface area (Å²) in [5.41, 5.74) is 3.44. The van der Waals surface area contributed by atoms with Crippen LogP contribution in [0.4, 0.5) is 5.69 Å². The minimum absolute atomic E-state index is 0.135. The van der Waals surface area contributed by atoms with Gasteiger partial charge in [-0.15, -0.1) is 0 Å². The third-order valence-corrected chi connectivity index (χ3v) is 6.13. The van der Waals surface area contributed by atoms with Crippen molar-refractivity contribution in [3.63, 3.8) is 0 Å². The van der Waals surface area contributed by atoms with E-state index in [1.165, 1.54) is 11.8 Å². The van der Waals surface area contributed by atoms with Crippen molar-refractivity contribution in [3.8, 4) is 11.5 Å². The second kappa shape index (κ2) is 10.0. The Hall–Kier alpha value is -3.09. The van der Waals surface area contributed by atoms with Crippen molar-refractivity contribution in [1.29, 1.82) is 0 Å². The van der Waals surface area contributed by atoms with Gasteiger partial charge in [0, 0.05) is 10.6 Å². The van der Waals surface area contributed by atoms with Crippen LogP contribution in [-0.4, -0.2) is 18.5 Å². The quantitative estimate of drug-likeness (QED) is 0.428. The molecule has 1 amide bonds. The number of thioether (sulfide) groups is 1. The van der Waals surface area contributed by atoms with E-state index >= 15 is 0 Å². The topological polar surface area (TPSA) is 59.6 Å². The molecule has 0 bridgehead atoms. The molecule has 2 N–H and O–H groups in total. The Labute approximate surface area is 196 Å². The Morgan fingerprint density at radius 1 is 1.09 bits per heavy atom. The van der Waals surface area contributed by atoms with E-state index in [1.54, 1.807) is 7.11 Å². The fourth-order valence-corrected chi connectivity index (χ4v) is 4.48. The molecular weight excluding hydrogens is 444 g/mol. The number of nitrogens with one attached hydrogen (secondary N) is 2. The Bertz CT molecular complexity index is 1170. The van der Waals surface area contributed by atoms with Gasteiger partial charge in [-0.1, -0.05) is 59.8 Å². The van der Waals surface area contributed by atoms with E-state index < -0.39 is 0 Å². The van der Waals surface area contributed by atoms with E-state index in [4.69, 9.17) is 21.1 Å². The van der Waals surface area contributed by atoms with Gasteiger partial charge >= 0.3 is 0 Å². The molecule has 3 aromatic carbocycles. The molecule has 5 nitrogen and oxygen atoms in total. The Balaban J connectivity index is 1.48. The first-order chi connectivity index (χ1) is 15.5. The van der Waals surface area contributed by atoms with Crippen LogP contribution in [0.3, 0.4) is 0 Å². The zero-order valence-electron chi connectivity index (χ0n) is 17.7. The summed E-state index contributed by atoms with van der Waals surface area (Å²) in [4.78, 5) is 13.2. The van der Waals surface area contributed by atoms with Crippen LogP contribution in [0, 0.1) is 6.92 Å². The summed E-state index contributed by atoms with van der Waals surface area (Å²) in [6.07, 6.45) is 1.85. The minimum atomic E-state index is -0.302. The molecule has 1 fully saturated rings. The molecule has 0 spiro atoms. The third kappa shape index (κ3) is 5.39. The lowest BCUT2D eigenvalue weighted by Gasteiger charge is -2.16. The number of hydrogen-bond acceptors (Lipinski definition) is 5. The molecule has 0 aliphatic carbocycles. The lowest BCUT2D eigenvalue weighted by molar-refractivity contribution is -0.116. The Kier molecular flexibility index (Phi) is 6.93. The second-order valence-corrected chi connectivity index (χ2v) is 8.87. The Morgan fingerprint density at radius 3 is 2.75 bits per heavy atom. The number of ether oxygens (including phenoxy) is 2. The second-order valence-electron chi connectivity index (χ2n) is 7.28. The molecule has 1 aliphatic heterocycles. The van der Waals surface area contributed by atoms with Crippen LogP contribution in [0.1, 0.15) is 16.7 Å². The fraction of sp³-hybridized carbons (Fsp3) is 0.160. The van der Waals surface area contributed by atoms with Gasteiger partial charge in [-0.2, -0.15) is 0 Å². The minimum Gasteiger partial charge on any atom is -0.495 e.